The number of nitrogens with zero attached hydrogens (tertiary/aromatic N) is 1. The minimum absolute atomic E-state index is 0.222. The van der Waals surface area contributed by atoms with Crippen molar-refractivity contribution in [1.82, 2.24) is 0 Å². The van der Waals surface area contributed by atoms with Crippen LogP contribution in [0.5, 0.6) is 0 Å². The van der Waals surface area contributed by atoms with Crippen molar-refractivity contribution in [3.05, 3.63) is 69.7 Å². The fraction of sp³-hybridized carbons (Fsp3) is 0.105. The van der Waals surface area contributed by atoms with E-state index >= 15 is 0 Å². The summed E-state index contributed by atoms with van der Waals surface area (Å²) in [5.41, 5.74) is 1.44. The molecule has 2 aromatic rings. The van der Waals surface area contributed by atoms with E-state index in [1.165, 1.54) is 31.2 Å². The lowest BCUT2D eigenvalue weighted by Crippen LogP contribution is -2.29. The summed E-state index contributed by atoms with van der Waals surface area (Å²) >= 11 is 11.8. The van der Waals surface area contributed by atoms with Gasteiger partial charge in [-0.2, -0.15) is 5.26 Å². The molecule has 7 heteroatoms. The minimum atomic E-state index is -1.01. The third-order valence-corrected chi connectivity index (χ3v) is 3.83. The minimum Gasteiger partial charge on any atom is -0.449 e. The van der Waals surface area contributed by atoms with Gasteiger partial charge >= 0.3 is 5.97 Å². The molecule has 0 fully saturated rings. The molecule has 0 saturated carbocycles. The molecule has 0 aliphatic carbocycles. The first-order valence-corrected chi connectivity index (χ1v) is 8.29. The normalized spacial score (nSPS) is 11.6. The molecule has 0 aromatic heterocycles. The van der Waals surface area contributed by atoms with Crippen LogP contribution in [0.4, 0.5) is 5.69 Å². The van der Waals surface area contributed by atoms with Gasteiger partial charge in [-0.15, -0.1) is 0 Å². The number of esters is 1. The average Bonchev–Trinajstić information content (AvgIpc) is 2.60. The standard InChI is InChI=1S/C19H14Cl2N2O3/c1-12(19(25)23-16-7-6-14(11-22)17(21)10-16)26-18(24)8-5-13-3-2-4-15(20)9-13/h2-10,12H,1H3,(H,23,25)/b8-5+. The third kappa shape index (κ3) is 5.62. The van der Waals surface area contributed by atoms with Gasteiger partial charge < -0.3 is 10.1 Å². The predicted molar refractivity (Wildman–Crippen MR) is 101 cm³/mol. The largest absolute Gasteiger partial charge is 0.449 e. The Bertz CT molecular complexity index is 904. The Kier molecular flexibility index (Phi) is 6.79. The SMILES string of the molecule is CC(OC(=O)/C=C/c1cccc(Cl)c1)C(=O)Nc1ccc(C#N)c(Cl)c1. The molecule has 0 bridgehead atoms. The molecule has 0 heterocycles. The van der Waals surface area contributed by atoms with E-state index in [2.05, 4.69) is 5.32 Å². The monoisotopic (exact) mass is 388 g/mol. The Morgan fingerprint density at radius 2 is 2.00 bits per heavy atom. The molecule has 2 rings (SSSR count). The van der Waals surface area contributed by atoms with Crippen molar-refractivity contribution >= 4 is 46.8 Å². The number of ether oxygens (including phenoxy) is 1. The molecule has 1 amide bonds. The Morgan fingerprint density at radius 1 is 1.23 bits per heavy atom. The number of carbonyl (C=O) groups excluding carboxylic acids is 2. The number of hydrogen-bond acceptors (Lipinski definition) is 4. The smallest absolute Gasteiger partial charge is 0.331 e. The van der Waals surface area contributed by atoms with Crippen molar-refractivity contribution in [2.24, 2.45) is 0 Å². The Morgan fingerprint density at radius 3 is 2.65 bits per heavy atom. The van der Waals surface area contributed by atoms with Gasteiger partial charge in [0.05, 0.1) is 10.6 Å². The van der Waals surface area contributed by atoms with Gasteiger partial charge in [0.1, 0.15) is 6.07 Å². The fourth-order valence-electron chi connectivity index (χ4n) is 1.97. The summed E-state index contributed by atoms with van der Waals surface area (Å²) < 4.78 is 5.06. The van der Waals surface area contributed by atoms with E-state index < -0.39 is 18.0 Å². The number of rotatable bonds is 5. The third-order valence-electron chi connectivity index (χ3n) is 3.28. The van der Waals surface area contributed by atoms with E-state index in [0.29, 0.717) is 16.3 Å². The van der Waals surface area contributed by atoms with Gasteiger partial charge in [-0.3, -0.25) is 4.79 Å². The average molecular weight is 389 g/mol. The lowest BCUT2D eigenvalue weighted by molar-refractivity contribution is -0.148. The molecule has 0 saturated heterocycles. The first-order valence-electron chi connectivity index (χ1n) is 7.54. The van der Waals surface area contributed by atoms with Gasteiger partial charge in [0, 0.05) is 16.8 Å². The molecule has 26 heavy (non-hydrogen) atoms. The van der Waals surface area contributed by atoms with E-state index in [1.54, 1.807) is 30.3 Å². The number of nitrogens with one attached hydrogen (secondary N) is 1. The number of benzene rings is 2. The highest BCUT2D eigenvalue weighted by Gasteiger charge is 2.17. The van der Waals surface area contributed by atoms with Crippen LogP contribution in [0.15, 0.2) is 48.5 Å². The number of amides is 1. The highest BCUT2D eigenvalue weighted by molar-refractivity contribution is 6.32. The van der Waals surface area contributed by atoms with Crippen LogP contribution in [0.1, 0.15) is 18.1 Å². The molecule has 0 aliphatic heterocycles. The first kappa shape index (κ1) is 19.5. The number of carbonyl (C=O) groups is 2. The topological polar surface area (TPSA) is 79.2 Å². The van der Waals surface area contributed by atoms with E-state index in [0.717, 1.165) is 5.56 Å². The van der Waals surface area contributed by atoms with Crippen LogP contribution in [0.25, 0.3) is 6.08 Å². The van der Waals surface area contributed by atoms with Crippen LogP contribution in [-0.2, 0) is 14.3 Å². The maximum Gasteiger partial charge on any atom is 0.331 e. The Labute approximate surface area is 160 Å². The number of halogens is 2. The van der Waals surface area contributed by atoms with Crippen LogP contribution >= 0.6 is 23.2 Å². The van der Waals surface area contributed by atoms with Gasteiger partial charge in [0.25, 0.3) is 5.91 Å². The molecule has 0 radical (unpaired) electrons. The maximum absolute atomic E-state index is 12.1. The van der Waals surface area contributed by atoms with E-state index in [4.69, 9.17) is 33.2 Å². The summed E-state index contributed by atoms with van der Waals surface area (Å²) in [4.78, 5) is 23.9. The fourth-order valence-corrected chi connectivity index (χ4v) is 2.39. The van der Waals surface area contributed by atoms with E-state index in [9.17, 15) is 9.59 Å². The molecule has 1 N–H and O–H groups in total. The zero-order valence-electron chi connectivity index (χ0n) is 13.7. The van der Waals surface area contributed by atoms with Crippen molar-refractivity contribution in [2.75, 3.05) is 5.32 Å². The first-order chi connectivity index (χ1) is 12.4. The van der Waals surface area contributed by atoms with Crippen molar-refractivity contribution < 1.29 is 14.3 Å². The molecular weight excluding hydrogens is 375 g/mol. The molecule has 0 aliphatic rings. The lowest BCUT2D eigenvalue weighted by Gasteiger charge is -2.12. The summed E-state index contributed by atoms with van der Waals surface area (Å²) in [5.74, 6) is -1.18. The summed E-state index contributed by atoms with van der Waals surface area (Å²) in [5, 5.41) is 12.2. The van der Waals surface area contributed by atoms with Crippen LogP contribution in [-0.4, -0.2) is 18.0 Å². The highest BCUT2D eigenvalue weighted by atomic mass is 35.5. The summed E-state index contributed by atoms with van der Waals surface area (Å²) in [6.07, 6.45) is 1.74. The maximum atomic E-state index is 12.1. The van der Waals surface area contributed by atoms with Crippen LogP contribution in [0.2, 0.25) is 10.0 Å². The number of hydrogen-bond donors (Lipinski definition) is 1. The Balaban J connectivity index is 1.93. The zero-order chi connectivity index (χ0) is 19.1. The predicted octanol–water partition coefficient (Wildman–Crippen LogP) is 4.45. The van der Waals surface area contributed by atoms with E-state index in [1.807, 2.05) is 6.07 Å². The molecule has 1 atom stereocenters. The number of nitriles is 1. The summed E-state index contributed by atoms with van der Waals surface area (Å²) in [6.45, 7) is 1.45. The summed E-state index contributed by atoms with van der Waals surface area (Å²) in [6, 6.07) is 13.3. The second-order valence-electron chi connectivity index (χ2n) is 5.26. The van der Waals surface area contributed by atoms with Crippen molar-refractivity contribution in [2.45, 2.75) is 13.0 Å². The Hall–Kier alpha value is -2.81. The van der Waals surface area contributed by atoms with Gasteiger partial charge in [-0.25, -0.2) is 4.79 Å². The van der Waals surface area contributed by atoms with Gasteiger partial charge in [-0.1, -0.05) is 35.3 Å². The molecule has 2 aromatic carbocycles. The lowest BCUT2D eigenvalue weighted by atomic mass is 10.2. The zero-order valence-corrected chi connectivity index (χ0v) is 15.2. The van der Waals surface area contributed by atoms with Crippen LogP contribution < -0.4 is 5.32 Å². The van der Waals surface area contributed by atoms with Gasteiger partial charge in [0.15, 0.2) is 6.10 Å². The quantitative estimate of drug-likeness (QED) is 0.605. The second kappa shape index (κ2) is 9.04. The van der Waals surface area contributed by atoms with Crippen molar-refractivity contribution in [3.63, 3.8) is 0 Å². The van der Waals surface area contributed by atoms with Gasteiger partial charge in [-0.05, 0) is 48.9 Å². The molecular formula is C19H14Cl2N2O3. The van der Waals surface area contributed by atoms with Gasteiger partial charge in [0.2, 0.25) is 0 Å². The summed E-state index contributed by atoms with van der Waals surface area (Å²) in [7, 11) is 0. The highest BCUT2D eigenvalue weighted by Crippen LogP contribution is 2.20. The van der Waals surface area contributed by atoms with E-state index in [-0.39, 0.29) is 5.02 Å². The molecule has 132 valence electrons. The molecule has 5 nitrogen and oxygen atoms in total. The van der Waals surface area contributed by atoms with Crippen LogP contribution in [0, 0.1) is 11.3 Å². The molecule has 1 unspecified atom stereocenters. The van der Waals surface area contributed by atoms with Crippen LogP contribution in [0.3, 0.4) is 0 Å². The number of anilines is 1. The van der Waals surface area contributed by atoms with Crippen molar-refractivity contribution in [1.29, 1.82) is 5.26 Å². The van der Waals surface area contributed by atoms with Crippen molar-refractivity contribution in [3.8, 4) is 6.07 Å². The second-order valence-corrected chi connectivity index (χ2v) is 6.11. The molecule has 0 spiro atoms.